The Morgan fingerprint density at radius 1 is 0.951 bits per heavy atom. The third kappa shape index (κ3) is 6.87. The van der Waals surface area contributed by atoms with E-state index in [-0.39, 0.29) is 16.2 Å². The molecule has 0 bridgehead atoms. The molecule has 1 N–H and O–H groups in total. The summed E-state index contributed by atoms with van der Waals surface area (Å²) < 4.78 is 78.1. The second kappa shape index (κ2) is 11.9. The summed E-state index contributed by atoms with van der Waals surface area (Å²) in [6.45, 7) is 2.16. The smallest absolute Gasteiger partial charge is 0.425 e. The summed E-state index contributed by atoms with van der Waals surface area (Å²) in [5.74, 6) is 0.588. The van der Waals surface area contributed by atoms with E-state index in [0.717, 1.165) is 55.7 Å². The van der Waals surface area contributed by atoms with Crippen LogP contribution in [0.3, 0.4) is 0 Å². The van der Waals surface area contributed by atoms with E-state index in [4.69, 9.17) is 14.2 Å². The molecule has 2 aliphatic heterocycles. The van der Waals surface area contributed by atoms with Crippen molar-refractivity contribution in [1.82, 2.24) is 0 Å². The van der Waals surface area contributed by atoms with Crippen LogP contribution in [0.15, 0.2) is 59.5 Å². The van der Waals surface area contributed by atoms with Crippen LogP contribution in [0.2, 0.25) is 0 Å². The second-order valence-corrected chi connectivity index (χ2v) is 11.6. The topological polar surface area (TPSA) is 94.2 Å². The molecule has 0 saturated heterocycles. The van der Waals surface area contributed by atoms with Gasteiger partial charge in [0.15, 0.2) is 15.9 Å². The van der Waals surface area contributed by atoms with E-state index in [1.165, 1.54) is 23.3 Å². The van der Waals surface area contributed by atoms with Gasteiger partial charge in [-0.25, -0.2) is 8.42 Å². The Bertz CT molecular complexity index is 1540. The second-order valence-electron chi connectivity index (χ2n) is 9.63. The van der Waals surface area contributed by atoms with Gasteiger partial charge in [-0.15, -0.1) is 0 Å². The van der Waals surface area contributed by atoms with Gasteiger partial charge in [-0.1, -0.05) is 0 Å². The van der Waals surface area contributed by atoms with E-state index in [2.05, 4.69) is 17.4 Å². The molecule has 0 aliphatic carbocycles. The fourth-order valence-corrected chi connectivity index (χ4v) is 5.18. The lowest BCUT2D eigenvalue weighted by atomic mass is 10.1. The zero-order valence-corrected chi connectivity index (χ0v) is 23.9. The summed E-state index contributed by atoms with van der Waals surface area (Å²) in [6, 6.07) is 14.5. The zero-order valence-electron chi connectivity index (χ0n) is 23.0. The Morgan fingerprint density at radius 3 is 2.24 bits per heavy atom. The van der Waals surface area contributed by atoms with Gasteiger partial charge in [-0.05, 0) is 85.5 Å². The maximum atomic E-state index is 13.2. The Balaban J connectivity index is 0.000000291. The van der Waals surface area contributed by atoms with E-state index in [1.54, 1.807) is 25.3 Å². The highest BCUT2D eigenvalue weighted by molar-refractivity contribution is 7.90. The normalized spacial score (nSPS) is 14.7. The molecule has 1 amide bonds. The third-order valence-corrected chi connectivity index (χ3v) is 7.93. The molecule has 0 saturated carbocycles. The van der Waals surface area contributed by atoms with Crippen molar-refractivity contribution in [3.63, 3.8) is 0 Å². The molecule has 1 atom stereocenters. The zero-order chi connectivity index (χ0) is 29.9. The molecule has 3 aromatic carbocycles. The summed E-state index contributed by atoms with van der Waals surface area (Å²) in [4.78, 5) is 14.4. The highest BCUT2D eigenvalue weighted by atomic mass is 32.2. The molecule has 5 rings (SSSR count). The fraction of sp³-hybridized carbons (Fsp3) is 0.345. The van der Waals surface area contributed by atoms with Gasteiger partial charge < -0.3 is 24.4 Å². The average molecular weight is 593 g/mol. The van der Waals surface area contributed by atoms with Crippen molar-refractivity contribution in [2.75, 3.05) is 43.8 Å². The van der Waals surface area contributed by atoms with Gasteiger partial charge in [0.2, 0.25) is 0 Å². The van der Waals surface area contributed by atoms with Crippen LogP contribution in [-0.4, -0.2) is 60.2 Å². The van der Waals surface area contributed by atoms with Gasteiger partial charge in [-0.3, -0.25) is 4.79 Å². The summed E-state index contributed by atoms with van der Waals surface area (Å²) >= 11 is 0. The number of amides is 1. The van der Waals surface area contributed by atoms with Crippen molar-refractivity contribution < 1.29 is 40.6 Å². The Hall–Kier alpha value is -3.93. The molecular weight excluding hydrogens is 561 g/mol. The van der Waals surface area contributed by atoms with Crippen molar-refractivity contribution in [2.24, 2.45) is 0 Å². The fourth-order valence-electron chi connectivity index (χ4n) is 4.54. The van der Waals surface area contributed by atoms with Crippen LogP contribution in [-0.2, 0) is 22.7 Å². The minimum atomic E-state index is -4.65. The van der Waals surface area contributed by atoms with Gasteiger partial charge >= 0.3 is 6.18 Å². The van der Waals surface area contributed by atoms with Crippen molar-refractivity contribution in [2.45, 2.75) is 36.9 Å². The maximum Gasteiger partial charge on any atom is 0.425 e. The van der Waals surface area contributed by atoms with Crippen LogP contribution in [0.5, 0.6) is 17.2 Å². The predicted octanol–water partition coefficient (Wildman–Crippen LogP) is 5.29. The molecule has 2 heterocycles. The molecule has 12 heteroatoms. The summed E-state index contributed by atoms with van der Waals surface area (Å²) in [5.41, 5.74) is 3.79. The molecule has 0 radical (unpaired) electrons. The van der Waals surface area contributed by atoms with E-state index < -0.39 is 28.0 Å². The van der Waals surface area contributed by atoms with Crippen LogP contribution in [0.25, 0.3) is 0 Å². The number of sulfone groups is 1. The lowest BCUT2D eigenvalue weighted by Gasteiger charge is -2.23. The number of rotatable bonds is 6. The lowest BCUT2D eigenvalue weighted by Crippen LogP contribution is -2.33. The minimum absolute atomic E-state index is 0.188. The number of ether oxygens (including phenoxy) is 3. The van der Waals surface area contributed by atoms with Crippen molar-refractivity contribution in [3.8, 4) is 17.2 Å². The largest absolute Gasteiger partial charge is 0.497 e. The summed E-state index contributed by atoms with van der Waals surface area (Å²) in [6.07, 6.45) is -4.23. The molecular formula is C29H31F3N2O6S. The number of nitrogens with one attached hydrogen (secondary N) is 1. The predicted molar refractivity (Wildman–Crippen MR) is 149 cm³/mol. The number of carbonyl (C=O) groups excluding carboxylic acids is 1. The highest BCUT2D eigenvalue weighted by Crippen LogP contribution is 2.35. The van der Waals surface area contributed by atoms with Gasteiger partial charge in [-0.2, -0.15) is 13.2 Å². The SMILES string of the molecule is COc1ccc2c(c1)CCN2.COc1ccc2c(c1)CCN2C(=O)c1cc(S(C)(=O)=O)ccc1O[C@@H](C)C(F)(F)F. The number of hydrogen-bond acceptors (Lipinski definition) is 7. The number of halogens is 3. The van der Waals surface area contributed by atoms with Gasteiger partial charge in [0.25, 0.3) is 5.91 Å². The molecule has 0 fully saturated rings. The molecule has 3 aromatic rings. The number of carbonyl (C=O) groups is 1. The first kappa shape index (κ1) is 30.0. The molecule has 0 aromatic heterocycles. The van der Waals surface area contributed by atoms with E-state index >= 15 is 0 Å². The average Bonchev–Trinajstić information content (AvgIpc) is 3.58. The number of hydrogen-bond donors (Lipinski definition) is 1. The highest BCUT2D eigenvalue weighted by Gasteiger charge is 2.39. The molecule has 8 nitrogen and oxygen atoms in total. The van der Waals surface area contributed by atoms with Gasteiger partial charge in [0, 0.05) is 30.7 Å². The maximum absolute atomic E-state index is 13.2. The Morgan fingerprint density at radius 2 is 1.61 bits per heavy atom. The van der Waals surface area contributed by atoms with E-state index in [9.17, 15) is 26.4 Å². The summed E-state index contributed by atoms with van der Waals surface area (Å²) in [7, 11) is -0.476. The molecule has 2 aliphatic rings. The first-order valence-electron chi connectivity index (χ1n) is 12.8. The first-order valence-corrected chi connectivity index (χ1v) is 14.7. The molecule has 0 unspecified atom stereocenters. The number of methoxy groups -OCH3 is 2. The van der Waals surface area contributed by atoms with Crippen LogP contribution in [0.4, 0.5) is 24.5 Å². The number of benzene rings is 3. The van der Waals surface area contributed by atoms with Gasteiger partial charge in [0.1, 0.15) is 17.2 Å². The third-order valence-electron chi connectivity index (χ3n) is 6.82. The quantitative estimate of drug-likeness (QED) is 0.416. The molecule has 220 valence electrons. The summed E-state index contributed by atoms with van der Waals surface area (Å²) in [5, 5.41) is 3.30. The minimum Gasteiger partial charge on any atom is -0.497 e. The van der Waals surface area contributed by atoms with Gasteiger partial charge in [0.05, 0.1) is 24.7 Å². The monoisotopic (exact) mass is 592 g/mol. The van der Waals surface area contributed by atoms with Crippen molar-refractivity contribution >= 4 is 27.1 Å². The number of nitrogens with zero attached hydrogens (tertiary/aromatic N) is 1. The van der Waals surface area contributed by atoms with Crippen molar-refractivity contribution in [3.05, 3.63) is 71.3 Å². The molecule has 41 heavy (non-hydrogen) atoms. The first-order chi connectivity index (χ1) is 19.3. The molecule has 0 spiro atoms. The van der Waals surface area contributed by atoms with Crippen LogP contribution < -0.4 is 24.4 Å². The van der Waals surface area contributed by atoms with Crippen LogP contribution >= 0.6 is 0 Å². The van der Waals surface area contributed by atoms with Crippen LogP contribution in [0, 0.1) is 0 Å². The standard InChI is InChI=1S/C20H20F3NO5S.C9H11NO/c1-12(20(21,22)23)29-18-7-5-15(30(3,26)27)11-16(18)19(25)24-9-8-13-10-14(28-2)4-6-17(13)24;1-11-8-2-3-9-7(6-8)4-5-10-9/h4-7,10-12H,8-9H2,1-3H3;2-3,6,10H,4-5H2,1H3/t12-;/m0./s1. The number of alkyl halides is 3. The Kier molecular flexibility index (Phi) is 8.71. The van der Waals surface area contributed by atoms with Crippen molar-refractivity contribution in [1.29, 1.82) is 0 Å². The van der Waals surface area contributed by atoms with E-state index in [1.807, 2.05) is 6.07 Å². The lowest BCUT2D eigenvalue weighted by molar-refractivity contribution is -0.189. The number of anilines is 2. The Labute approximate surface area is 236 Å². The number of fused-ring (bicyclic) bond motifs is 2. The van der Waals surface area contributed by atoms with E-state index in [0.29, 0.717) is 24.4 Å². The van der Waals surface area contributed by atoms with Crippen LogP contribution in [0.1, 0.15) is 28.4 Å².